The van der Waals surface area contributed by atoms with E-state index >= 15 is 0 Å². The molecule has 0 aromatic carbocycles. The zero-order valence-electron chi connectivity index (χ0n) is 10.2. The Kier molecular flexibility index (Phi) is 10.0. The Labute approximate surface area is 125 Å². The minimum absolute atomic E-state index is 0. The van der Waals surface area contributed by atoms with Gasteiger partial charge in [-0.1, -0.05) is 0 Å². The van der Waals surface area contributed by atoms with Crippen LogP contribution in [0.15, 0.2) is 24.5 Å². The van der Waals surface area contributed by atoms with Crippen molar-refractivity contribution >= 4 is 37.2 Å². The third-order valence-electron chi connectivity index (χ3n) is 2.30. The van der Waals surface area contributed by atoms with Gasteiger partial charge in [-0.05, 0) is 12.1 Å². The second kappa shape index (κ2) is 9.22. The third kappa shape index (κ3) is 5.27. The average molecular weight is 315 g/mol. The molecule has 0 fully saturated rings. The molecule has 2 aromatic heterocycles. The molecule has 0 bridgehead atoms. The predicted molar refractivity (Wildman–Crippen MR) is 78.7 cm³/mol. The highest BCUT2D eigenvalue weighted by Gasteiger charge is 1.99. The Morgan fingerprint density at radius 3 is 2.33 bits per heavy atom. The van der Waals surface area contributed by atoms with Crippen LogP contribution in [0.25, 0.3) is 0 Å². The van der Waals surface area contributed by atoms with Gasteiger partial charge in [0, 0.05) is 39.6 Å². The second-order valence-corrected chi connectivity index (χ2v) is 3.53. The molecule has 0 saturated heterocycles. The first kappa shape index (κ1) is 19.6. The topological polar surface area (TPSA) is 47.7 Å². The van der Waals surface area contributed by atoms with E-state index in [1.165, 1.54) is 5.69 Å². The van der Waals surface area contributed by atoms with Crippen LogP contribution in [0.1, 0.15) is 11.4 Å². The molecule has 0 saturated carbocycles. The molecule has 2 rings (SSSR count). The van der Waals surface area contributed by atoms with Crippen LogP contribution in [-0.4, -0.2) is 19.6 Å². The summed E-state index contributed by atoms with van der Waals surface area (Å²) < 4.78 is 3.67. The largest absolute Gasteiger partial charge is 0.305 e. The standard InChI is InChI=1S/C10H15N5.3ClH/c1-14-6-4-9(13-14)7-11-8-10-3-5-12-15(10)2;;;/h3-6,11H,7-8H2,1-2H3;3*1H. The molecule has 2 aromatic rings. The van der Waals surface area contributed by atoms with Crippen LogP contribution in [-0.2, 0) is 27.2 Å². The van der Waals surface area contributed by atoms with E-state index in [9.17, 15) is 0 Å². The van der Waals surface area contributed by atoms with E-state index in [0.29, 0.717) is 0 Å². The number of rotatable bonds is 4. The molecule has 0 amide bonds. The van der Waals surface area contributed by atoms with Gasteiger partial charge in [-0.2, -0.15) is 10.2 Å². The maximum Gasteiger partial charge on any atom is 0.0762 e. The first-order chi connectivity index (χ1) is 7.25. The summed E-state index contributed by atoms with van der Waals surface area (Å²) in [4.78, 5) is 0. The summed E-state index contributed by atoms with van der Waals surface area (Å²) in [7, 11) is 3.86. The Morgan fingerprint density at radius 1 is 1.11 bits per heavy atom. The van der Waals surface area contributed by atoms with Crippen molar-refractivity contribution in [3.05, 3.63) is 35.9 Å². The van der Waals surface area contributed by atoms with Crippen LogP contribution >= 0.6 is 37.2 Å². The van der Waals surface area contributed by atoms with Crippen LogP contribution in [0.4, 0.5) is 0 Å². The molecule has 18 heavy (non-hydrogen) atoms. The van der Waals surface area contributed by atoms with Crippen molar-refractivity contribution in [2.45, 2.75) is 13.1 Å². The van der Waals surface area contributed by atoms with Gasteiger partial charge in [-0.25, -0.2) is 0 Å². The summed E-state index contributed by atoms with van der Waals surface area (Å²) in [5, 5.41) is 11.7. The van der Waals surface area contributed by atoms with Gasteiger partial charge in [0.1, 0.15) is 0 Å². The molecule has 0 atom stereocenters. The van der Waals surface area contributed by atoms with Gasteiger partial charge in [0.05, 0.1) is 11.4 Å². The van der Waals surface area contributed by atoms with Crippen LogP contribution in [0, 0.1) is 0 Å². The molecule has 1 N–H and O–H groups in total. The molecule has 5 nitrogen and oxygen atoms in total. The van der Waals surface area contributed by atoms with Crippen molar-refractivity contribution in [1.29, 1.82) is 0 Å². The molecular formula is C10H18Cl3N5. The van der Waals surface area contributed by atoms with Crippen LogP contribution < -0.4 is 5.32 Å². The number of nitrogens with zero attached hydrogens (tertiary/aromatic N) is 4. The van der Waals surface area contributed by atoms with E-state index < -0.39 is 0 Å². The molecule has 0 radical (unpaired) electrons. The number of aryl methyl sites for hydroxylation is 2. The molecule has 0 aliphatic rings. The first-order valence-electron chi connectivity index (χ1n) is 4.92. The highest BCUT2D eigenvalue weighted by molar-refractivity contribution is 5.86. The molecule has 104 valence electrons. The van der Waals surface area contributed by atoms with Crippen molar-refractivity contribution in [3.8, 4) is 0 Å². The van der Waals surface area contributed by atoms with Crippen LogP contribution in [0.2, 0.25) is 0 Å². The normalized spacial score (nSPS) is 9.00. The van der Waals surface area contributed by atoms with Crippen molar-refractivity contribution in [3.63, 3.8) is 0 Å². The lowest BCUT2D eigenvalue weighted by Gasteiger charge is -2.02. The first-order valence-corrected chi connectivity index (χ1v) is 4.92. The molecule has 2 heterocycles. The zero-order valence-corrected chi connectivity index (χ0v) is 12.7. The summed E-state index contributed by atoms with van der Waals surface area (Å²) in [6.45, 7) is 1.60. The Hall–Kier alpha value is -0.750. The molecular weight excluding hydrogens is 297 g/mol. The minimum atomic E-state index is 0. The van der Waals surface area contributed by atoms with Gasteiger partial charge in [-0.15, -0.1) is 37.2 Å². The monoisotopic (exact) mass is 313 g/mol. The Morgan fingerprint density at radius 2 is 1.83 bits per heavy atom. The van der Waals surface area contributed by atoms with E-state index in [1.807, 2.05) is 37.1 Å². The van der Waals surface area contributed by atoms with Crippen molar-refractivity contribution in [2.24, 2.45) is 14.1 Å². The summed E-state index contributed by atoms with van der Waals surface area (Å²) >= 11 is 0. The second-order valence-electron chi connectivity index (χ2n) is 3.53. The molecule has 0 aliphatic carbocycles. The SMILES string of the molecule is Cl.Cl.Cl.Cn1ccc(CNCc2ccnn2C)n1. The molecule has 0 unspecified atom stereocenters. The fourth-order valence-electron chi connectivity index (χ4n) is 1.45. The van der Waals surface area contributed by atoms with Crippen molar-refractivity contribution in [1.82, 2.24) is 24.9 Å². The molecule has 0 aliphatic heterocycles. The number of hydrogen-bond donors (Lipinski definition) is 1. The van der Waals surface area contributed by atoms with E-state index in [0.717, 1.165) is 18.8 Å². The highest BCUT2D eigenvalue weighted by Crippen LogP contribution is 1.97. The van der Waals surface area contributed by atoms with E-state index in [2.05, 4.69) is 15.5 Å². The Bertz CT molecular complexity index is 440. The van der Waals surface area contributed by atoms with Crippen molar-refractivity contribution < 1.29 is 0 Å². The molecule has 0 spiro atoms. The van der Waals surface area contributed by atoms with Gasteiger partial charge in [0.15, 0.2) is 0 Å². The maximum atomic E-state index is 4.28. The molecule has 8 heteroatoms. The van der Waals surface area contributed by atoms with E-state index in [4.69, 9.17) is 0 Å². The van der Waals surface area contributed by atoms with Gasteiger partial charge < -0.3 is 5.32 Å². The smallest absolute Gasteiger partial charge is 0.0762 e. The van der Waals surface area contributed by atoms with Crippen LogP contribution in [0.5, 0.6) is 0 Å². The maximum absolute atomic E-state index is 4.28. The third-order valence-corrected chi connectivity index (χ3v) is 2.30. The van der Waals surface area contributed by atoms with Gasteiger partial charge in [-0.3, -0.25) is 9.36 Å². The number of halogens is 3. The number of nitrogens with one attached hydrogen (secondary N) is 1. The van der Waals surface area contributed by atoms with Gasteiger partial charge in [0.2, 0.25) is 0 Å². The minimum Gasteiger partial charge on any atom is -0.305 e. The van der Waals surface area contributed by atoms with Gasteiger partial charge in [0.25, 0.3) is 0 Å². The Balaban J connectivity index is 0. The lowest BCUT2D eigenvalue weighted by Crippen LogP contribution is -2.15. The lowest BCUT2D eigenvalue weighted by molar-refractivity contribution is 0.612. The van der Waals surface area contributed by atoms with Crippen LogP contribution in [0.3, 0.4) is 0 Å². The fourth-order valence-corrected chi connectivity index (χ4v) is 1.45. The summed E-state index contributed by atoms with van der Waals surface area (Å²) in [6.07, 6.45) is 3.75. The highest BCUT2D eigenvalue weighted by atomic mass is 35.5. The predicted octanol–water partition coefficient (Wildman–Crippen LogP) is 1.71. The summed E-state index contributed by atoms with van der Waals surface area (Å²) in [5.41, 5.74) is 2.23. The number of hydrogen-bond acceptors (Lipinski definition) is 3. The summed E-state index contributed by atoms with van der Waals surface area (Å²) in [5.74, 6) is 0. The van der Waals surface area contributed by atoms with Crippen molar-refractivity contribution in [2.75, 3.05) is 0 Å². The van der Waals surface area contributed by atoms with E-state index in [1.54, 1.807) is 10.9 Å². The quantitative estimate of drug-likeness (QED) is 0.934. The lowest BCUT2D eigenvalue weighted by atomic mass is 10.4. The van der Waals surface area contributed by atoms with Gasteiger partial charge >= 0.3 is 0 Å². The average Bonchev–Trinajstić information content (AvgIpc) is 2.77. The fraction of sp³-hybridized carbons (Fsp3) is 0.400. The van der Waals surface area contributed by atoms with E-state index in [-0.39, 0.29) is 37.2 Å². The zero-order chi connectivity index (χ0) is 10.7. The number of aromatic nitrogens is 4. The summed E-state index contributed by atoms with van der Waals surface area (Å²) in [6, 6.07) is 4.02.